The third kappa shape index (κ3) is 2.72. The molecule has 1 aromatic carbocycles. The maximum atomic E-state index is 13.2. The molecular weight excluding hydrogens is 223 g/mol. The van der Waals surface area contributed by atoms with Crippen molar-refractivity contribution in [3.63, 3.8) is 0 Å². The van der Waals surface area contributed by atoms with E-state index in [-0.39, 0.29) is 11.2 Å². The fraction of sp³-hybridized carbons (Fsp3) is 0.500. The highest BCUT2D eigenvalue weighted by Gasteiger charge is 2.28. The van der Waals surface area contributed by atoms with Crippen molar-refractivity contribution in [2.45, 2.75) is 38.1 Å². The highest BCUT2D eigenvalue weighted by atomic mass is 19.1. The molecule has 0 saturated heterocycles. The second kappa shape index (κ2) is 4.31. The number of rotatable bonds is 3. The van der Waals surface area contributed by atoms with Gasteiger partial charge < -0.3 is 5.32 Å². The maximum absolute atomic E-state index is 13.2. The van der Waals surface area contributed by atoms with Crippen molar-refractivity contribution in [3.8, 4) is 0 Å². The van der Waals surface area contributed by atoms with Crippen LogP contribution >= 0.6 is 0 Å². The number of nitrogens with zero attached hydrogens (tertiary/aromatic N) is 1. The van der Waals surface area contributed by atoms with Crippen molar-refractivity contribution in [1.82, 2.24) is 0 Å². The predicted octanol–water partition coefficient (Wildman–Crippen LogP) is 3.48. The molecule has 1 aliphatic rings. The van der Waals surface area contributed by atoms with Gasteiger partial charge in [0.2, 0.25) is 0 Å². The van der Waals surface area contributed by atoms with Crippen LogP contribution in [0.2, 0.25) is 0 Å². The summed E-state index contributed by atoms with van der Waals surface area (Å²) in [5, 5.41) is 13.8. The van der Waals surface area contributed by atoms with Gasteiger partial charge in [-0.1, -0.05) is 12.8 Å². The normalized spacial score (nSPS) is 18.0. The van der Waals surface area contributed by atoms with Gasteiger partial charge in [-0.25, -0.2) is 4.39 Å². The molecule has 0 heterocycles. The van der Waals surface area contributed by atoms with Crippen molar-refractivity contribution in [1.29, 1.82) is 0 Å². The van der Waals surface area contributed by atoms with E-state index in [9.17, 15) is 14.5 Å². The molecule has 1 aliphatic carbocycles. The molecule has 0 aromatic heterocycles. The third-order valence-corrected chi connectivity index (χ3v) is 3.25. The quantitative estimate of drug-likeness (QED) is 0.648. The first-order valence-corrected chi connectivity index (χ1v) is 5.72. The molecule has 1 fully saturated rings. The summed E-state index contributed by atoms with van der Waals surface area (Å²) < 4.78 is 13.2. The van der Waals surface area contributed by atoms with Crippen molar-refractivity contribution in [2.75, 3.05) is 5.32 Å². The van der Waals surface area contributed by atoms with Crippen molar-refractivity contribution in [2.24, 2.45) is 0 Å². The zero-order chi connectivity index (χ0) is 12.5. The Hall–Kier alpha value is -1.65. The number of benzene rings is 1. The molecule has 0 atom stereocenters. The number of nitro benzene ring substituents is 1. The minimum atomic E-state index is -0.580. The fourth-order valence-electron chi connectivity index (χ4n) is 2.38. The molecular formula is C12H15FN2O2. The Labute approximate surface area is 99.0 Å². The number of hydrogen-bond acceptors (Lipinski definition) is 3. The van der Waals surface area contributed by atoms with Gasteiger partial charge in [-0.05, 0) is 25.8 Å². The lowest BCUT2D eigenvalue weighted by Crippen LogP contribution is -2.30. The van der Waals surface area contributed by atoms with E-state index in [2.05, 4.69) is 12.2 Å². The van der Waals surface area contributed by atoms with Gasteiger partial charge in [0.25, 0.3) is 5.69 Å². The number of nitro groups is 1. The first-order chi connectivity index (χ1) is 7.98. The molecule has 0 unspecified atom stereocenters. The van der Waals surface area contributed by atoms with E-state index in [1.165, 1.54) is 12.1 Å². The van der Waals surface area contributed by atoms with Crippen molar-refractivity contribution < 1.29 is 9.31 Å². The molecule has 2 rings (SSSR count). The van der Waals surface area contributed by atoms with E-state index in [1.54, 1.807) is 0 Å². The molecule has 0 amide bonds. The molecule has 1 saturated carbocycles. The summed E-state index contributed by atoms with van der Waals surface area (Å²) in [6.45, 7) is 2.07. The van der Waals surface area contributed by atoms with Crippen LogP contribution in [0.15, 0.2) is 18.2 Å². The number of non-ortho nitro benzene ring substituents is 1. The summed E-state index contributed by atoms with van der Waals surface area (Å²) in [4.78, 5) is 10.1. The summed E-state index contributed by atoms with van der Waals surface area (Å²) in [5.41, 5.74) is 0.206. The highest BCUT2D eigenvalue weighted by molar-refractivity contribution is 5.53. The Morgan fingerprint density at radius 3 is 2.59 bits per heavy atom. The fourth-order valence-corrected chi connectivity index (χ4v) is 2.38. The molecule has 0 spiro atoms. The molecule has 4 nitrogen and oxygen atoms in total. The van der Waals surface area contributed by atoms with Crippen LogP contribution in [0.4, 0.5) is 15.8 Å². The smallest absolute Gasteiger partial charge is 0.274 e. The van der Waals surface area contributed by atoms with Gasteiger partial charge in [-0.15, -0.1) is 0 Å². The zero-order valence-corrected chi connectivity index (χ0v) is 9.70. The lowest BCUT2D eigenvalue weighted by Gasteiger charge is -2.26. The molecule has 5 heteroatoms. The van der Waals surface area contributed by atoms with Gasteiger partial charge in [0.05, 0.1) is 11.0 Å². The molecule has 1 N–H and O–H groups in total. The van der Waals surface area contributed by atoms with Gasteiger partial charge in [0.15, 0.2) is 0 Å². The second-order valence-electron chi connectivity index (χ2n) is 4.85. The summed E-state index contributed by atoms with van der Waals surface area (Å²) in [6.07, 6.45) is 4.30. The van der Waals surface area contributed by atoms with Crippen LogP contribution in [0, 0.1) is 15.9 Å². The van der Waals surface area contributed by atoms with E-state index in [1.807, 2.05) is 0 Å². The SMILES string of the molecule is CC1(Nc2cc(F)cc([N+](=O)[O-])c2)CCCC1. The largest absolute Gasteiger partial charge is 0.380 e. The Bertz CT molecular complexity index is 442. The number of halogens is 1. The van der Waals surface area contributed by atoms with Crippen LogP contribution < -0.4 is 5.32 Å². The molecule has 0 radical (unpaired) electrons. The van der Waals surface area contributed by atoms with Crippen molar-refractivity contribution >= 4 is 11.4 Å². The summed E-state index contributed by atoms with van der Waals surface area (Å²) in [6, 6.07) is 3.62. The minimum Gasteiger partial charge on any atom is -0.380 e. The number of hydrogen-bond donors (Lipinski definition) is 1. The highest BCUT2D eigenvalue weighted by Crippen LogP contribution is 2.33. The molecule has 92 valence electrons. The van der Waals surface area contributed by atoms with E-state index in [4.69, 9.17) is 0 Å². The van der Waals surface area contributed by atoms with Crippen LogP contribution in [-0.4, -0.2) is 10.5 Å². The minimum absolute atomic E-state index is 0.0678. The average Bonchev–Trinajstić information content (AvgIpc) is 2.63. The van der Waals surface area contributed by atoms with Crippen LogP contribution in [0.5, 0.6) is 0 Å². The Morgan fingerprint density at radius 2 is 2.00 bits per heavy atom. The van der Waals surface area contributed by atoms with E-state index in [0.717, 1.165) is 31.7 Å². The predicted molar refractivity (Wildman–Crippen MR) is 63.6 cm³/mol. The summed E-state index contributed by atoms with van der Waals surface area (Å²) in [5.74, 6) is -0.580. The number of nitrogens with one attached hydrogen (secondary N) is 1. The monoisotopic (exact) mass is 238 g/mol. The van der Waals surface area contributed by atoms with Crippen LogP contribution in [0.25, 0.3) is 0 Å². The second-order valence-corrected chi connectivity index (χ2v) is 4.85. The molecule has 0 aliphatic heterocycles. The van der Waals surface area contributed by atoms with Gasteiger partial charge in [0.1, 0.15) is 5.82 Å². The Morgan fingerprint density at radius 1 is 1.35 bits per heavy atom. The average molecular weight is 238 g/mol. The maximum Gasteiger partial charge on any atom is 0.274 e. The Balaban J connectivity index is 2.23. The van der Waals surface area contributed by atoms with Crippen LogP contribution in [0.1, 0.15) is 32.6 Å². The first-order valence-electron chi connectivity index (χ1n) is 5.72. The lowest BCUT2D eigenvalue weighted by atomic mass is 10.0. The third-order valence-electron chi connectivity index (χ3n) is 3.25. The van der Waals surface area contributed by atoms with Gasteiger partial charge in [-0.2, -0.15) is 0 Å². The van der Waals surface area contributed by atoms with E-state index >= 15 is 0 Å². The van der Waals surface area contributed by atoms with E-state index < -0.39 is 10.7 Å². The Kier molecular flexibility index (Phi) is 3.00. The van der Waals surface area contributed by atoms with Crippen LogP contribution in [0.3, 0.4) is 0 Å². The van der Waals surface area contributed by atoms with Crippen LogP contribution in [-0.2, 0) is 0 Å². The molecule has 0 bridgehead atoms. The summed E-state index contributed by atoms with van der Waals surface area (Å²) >= 11 is 0. The first kappa shape index (κ1) is 11.8. The van der Waals surface area contributed by atoms with Gasteiger partial charge in [-0.3, -0.25) is 10.1 Å². The van der Waals surface area contributed by atoms with Gasteiger partial charge in [0, 0.05) is 17.3 Å². The van der Waals surface area contributed by atoms with Crippen molar-refractivity contribution in [3.05, 3.63) is 34.1 Å². The molecule has 17 heavy (non-hydrogen) atoms. The lowest BCUT2D eigenvalue weighted by molar-refractivity contribution is -0.385. The van der Waals surface area contributed by atoms with E-state index in [0.29, 0.717) is 5.69 Å². The molecule has 1 aromatic rings. The number of anilines is 1. The standard InChI is InChI=1S/C12H15FN2O2/c1-12(4-2-3-5-12)14-10-6-9(13)7-11(8-10)15(16)17/h6-8,14H,2-5H2,1H3. The summed E-state index contributed by atoms with van der Waals surface area (Å²) in [7, 11) is 0. The zero-order valence-electron chi connectivity index (χ0n) is 9.70. The topological polar surface area (TPSA) is 55.2 Å². The van der Waals surface area contributed by atoms with Gasteiger partial charge >= 0.3 is 0 Å².